The van der Waals surface area contributed by atoms with Crippen molar-refractivity contribution >= 4 is 6.09 Å². The molecule has 5 nitrogen and oxygen atoms in total. The van der Waals surface area contributed by atoms with Crippen molar-refractivity contribution < 1.29 is 15.0 Å². The number of nitrogens with one attached hydrogen (secondary N) is 1. The molecule has 0 spiro atoms. The SMILES string of the molecule is O=C(O)N1CCCC(NCCCCO)CC1. The van der Waals surface area contributed by atoms with E-state index in [1.807, 2.05) is 0 Å². The van der Waals surface area contributed by atoms with Gasteiger partial charge in [-0.2, -0.15) is 0 Å². The van der Waals surface area contributed by atoms with Crippen LogP contribution >= 0.6 is 0 Å². The van der Waals surface area contributed by atoms with Crippen LogP contribution in [-0.4, -0.2) is 53.5 Å². The quantitative estimate of drug-likeness (QED) is 0.613. The number of nitrogens with zero attached hydrogens (tertiary/aromatic N) is 1. The van der Waals surface area contributed by atoms with Gasteiger partial charge in [0, 0.05) is 25.7 Å². The van der Waals surface area contributed by atoms with Gasteiger partial charge in [-0.05, 0) is 38.6 Å². The number of aliphatic hydroxyl groups excluding tert-OH is 1. The lowest BCUT2D eigenvalue weighted by Crippen LogP contribution is -2.33. The molecule has 94 valence electrons. The summed E-state index contributed by atoms with van der Waals surface area (Å²) in [6.07, 6.45) is 3.88. The largest absolute Gasteiger partial charge is 0.465 e. The fourth-order valence-electron chi connectivity index (χ4n) is 2.03. The second-order valence-electron chi connectivity index (χ2n) is 4.28. The number of carboxylic acid groups (broad SMARTS) is 1. The molecule has 1 atom stereocenters. The van der Waals surface area contributed by atoms with Crippen molar-refractivity contribution in [3.63, 3.8) is 0 Å². The van der Waals surface area contributed by atoms with E-state index in [0.29, 0.717) is 19.1 Å². The molecule has 1 amide bonds. The molecule has 1 unspecified atom stereocenters. The van der Waals surface area contributed by atoms with E-state index in [4.69, 9.17) is 10.2 Å². The van der Waals surface area contributed by atoms with Gasteiger partial charge < -0.3 is 20.4 Å². The number of hydrogen-bond donors (Lipinski definition) is 3. The molecule has 0 saturated carbocycles. The van der Waals surface area contributed by atoms with Gasteiger partial charge in [-0.15, -0.1) is 0 Å². The van der Waals surface area contributed by atoms with Crippen LogP contribution in [-0.2, 0) is 0 Å². The number of rotatable bonds is 5. The zero-order valence-corrected chi connectivity index (χ0v) is 9.69. The summed E-state index contributed by atoms with van der Waals surface area (Å²) in [5, 5.41) is 20.9. The van der Waals surface area contributed by atoms with Crippen LogP contribution in [0.1, 0.15) is 32.1 Å². The van der Waals surface area contributed by atoms with Crippen molar-refractivity contribution in [3.05, 3.63) is 0 Å². The first-order valence-corrected chi connectivity index (χ1v) is 6.06. The van der Waals surface area contributed by atoms with E-state index >= 15 is 0 Å². The van der Waals surface area contributed by atoms with E-state index < -0.39 is 6.09 Å². The Kier molecular flexibility index (Phi) is 6.18. The molecule has 5 heteroatoms. The van der Waals surface area contributed by atoms with E-state index in [1.54, 1.807) is 0 Å². The van der Waals surface area contributed by atoms with Gasteiger partial charge in [0.05, 0.1) is 0 Å². The first-order valence-electron chi connectivity index (χ1n) is 6.06. The zero-order valence-electron chi connectivity index (χ0n) is 9.69. The molecule has 0 bridgehead atoms. The highest BCUT2D eigenvalue weighted by Gasteiger charge is 2.19. The molecule has 0 aliphatic carbocycles. The highest BCUT2D eigenvalue weighted by atomic mass is 16.4. The van der Waals surface area contributed by atoms with Gasteiger partial charge in [0.2, 0.25) is 0 Å². The summed E-state index contributed by atoms with van der Waals surface area (Å²) in [6, 6.07) is 0.433. The fraction of sp³-hybridized carbons (Fsp3) is 0.909. The summed E-state index contributed by atoms with van der Waals surface area (Å²) in [6.45, 7) is 2.45. The minimum atomic E-state index is -0.805. The van der Waals surface area contributed by atoms with E-state index in [-0.39, 0.29) is 6.61 Å². The molecular weight excluding hydrogens is 208 g/mol. The van der Waals surface area contributed by atoms with Crippen LogP contribution in [0.4, 0.5) is 4.79 Å². The maximum atomic E-state index is 10.8. The van der Waals surface area contributed by atoms with Crippen LogP contribution in [0.15, 0.2) is 0 Å². The highest BCUT2D eigenvalue weighted by molar-refractivity contribution is 5.64. The predicted octanol–water partition coefficient (Wildman–Crippen LogP) is 0.881. The summed E-state index contributed by atoms with van der Waals surface area (Å²) in [4.78, 5) is 12.3. The topological polar surface area (TPSA) is 72.8 Å². The Morgan fingerprint density at radius 1 is 1.31 bits per heavy atom. The summed E-state index contributed by atoms with van der Waals surface area (Å²) in [5.74, 6) is 0. The van der Waals surface area contributed by atoms with Crippen LogP contribution < -0.4 is 5.32 Å². The molecule has 0 aromatic carbocycles. The molecule has 0 aromatic rings. The Balaban J connectivity index is 2.17. The lowest BCUT2D eigenvalue weighted by atomic mass is 10.1. The molecule has 3 N–H and O–H groups in total. The molecular formula is C11H22N2O3. The molecule has 1 heterocycles. The maximum Gasteiger partial charge on any atom is 0.407 e. The summed E-state index contributed by atoms with van der Waals surface area (Å²) < 4.78 is 0. The van der Waals surface area contributed by atoms with Gasteiger partial charge in [0.15, 0.2) is 0 Å². The van der Waals surface area contributed by atoms with Gasteiger partial charge in [0.25, 0.3) is 0 Å². The lowest BCUT2D eigenvalue weighted by molar-refractivity contribution is 0.146. The molecule has 16 heavy (non-hydrogen) atoms. The van der Waals surface area contributed by atoms with Gasteiger partial charge in [-0.25, -0.2) is 4.79 Å². The van der Waals surface area contributed by atoms with Crippen molar-refractivity contribution in [2.45, 2.75) is 38.1 Å². The first kappa shape index (κ1) is 13.3. The van der Waals surface area contributed by atoms with E-state index in [0.717, 1.165) is 38.6 Å². The van der Waals surface area contributed by atoms with Gasteiger partial charge >= 0.3 is 6.09 Å². The predicted molar refractivity (Wildman–Crippen MR) is 61.6 cm³/mol. The van der Waals surface area contributed by atoms with Crippen LogP contribution in [0.2, 0.25) is 0 Å². The van der Waals surface area contributed by atoms with Crippen LogP contribution in [0.25, 0.3) is 0 Å². The third-order valence-electron chi connectivity index (χ3n) is 3.02. The summed E-state index contributed by atoms with van der Waals surface area (Å²) in [5.41, 5.74) is 0. The molecule has 1 saturated heterocycles. The summed E-state index contributed by atoms with van der Waals surface area (Å²) >= 11 is 0. The number of likely N-dealkylation sites (tertiary alicyclic amines) is 1. The second-order valence-corrected chi connectivity index (χ2v) is 4.28. The minimum absolute atomic E-state index is 0.249. The molecule has 0 aromatic heterocycles. The van der Waals surface area contributed by atoms with E-state index in [2.05, 4.69) is 5.32 Å². The molecule has 1 aliphatic heterocycles. The Hall–Kier alpha value is -0.810. The Labute approximate surface area is 96.4 Å². The summed E-state index contributed by atoms with van der Waals surface area (Å²) in [7, 11) is 0. The van der Waals surface area contributed by atoms with Crippen molar-refractivity contribution in [1.29, 1.82) is 0 Å². The van der Waals surface area contributed by atoms with Crippen LogP contribution in [0.5, 0.6) is 0 Å². The third-order valence-corrected chi connectivity index (χ3v) is 3.02. The van der Waals surface area contributed by atoms with Crippen molar-refractivity contribution in [2.75, 3.05) is 26.2 Å². The van der Waals surface area contributed by atoms with Gasteiger partial charge in [0.1, 0.15) is 0 Å². The number of unbranched alkanes of at least 4 members (excludes halogenated alkanes) is 1. The minimum Gasteiger partial charge on any atom is -0.465 e. The van der Waals surface area contributed by atoms with Crippen LogP contribution in [0.3, 0.4) is 0 Å². The molecule has 0 radical (unpaired) electrons. The van der Waals surface area contributed by atoms with Crippen molar-refractivity contribution in [2.24, 2.45) is 0 Å². The molecule has 1 rings (SSSR count). The van der Waals surface area contributed by atoms with Crippen molar-refractivity contribution in [1.82, 2.24) is 10.2 Å². The lowest BCUT2D eigenvalue weighted by Gasteiger charge is -2.17. The molecule has 1 fully saturated rings. The normalized spacial score (nSPS) is 21.8. The number of amides is 1. The third kappa shape index (κ3) is 4.81. The van der Waals surface area contributed by atoms with Gasteiger partial charge in [-0.3, -0.25) is 0 Å². The number of hydrogen-bond acceptors (Lipinski definition) is 3. The van der Waals surface area contributed by atoms with E-state index in [9.17, 15) is 4.79 Å². The monoisotopic (exact) mass is 230 g/mol. The Morgan fingerprint density at radius 3 is 2.81 bits per heavy atom. The maximum absolute atomic E-state index is 10.8. The first-order chi connectivity index (χ1) is 7.74. The number of aliphatic hydroxyl groups is 1. The zero-order chi connectivity index (χ0) is 11.8. The van der Waals surface area contributed by atoms with Crippen LogP contribution in [0, 0.1) is 0 Å². The van der Waals surface area contributed by atoms with Crippen molar-refractivity contribution in [3.8, 4) is 0 Å². The standard InChI is InChI=1S/C11H22N2O3/c14-9-2-1-6-12-10-4-3-7-13(8-5-10)11(15)16/h10,12,14H,1-9H2,(H,15,16). The number of carbonyl (C=O) groups is 1. The Bertz CT molecular complexity index is 211. The second kappa shape index (κ2) is 7.46. The fourth-order valence-corrected chi connectivity index (χ4v) is 2.03. The smallest absolute Gasteiger partial charge is 0.407 e. The molecule has 1 aliphatic rings. The van der Waals surface area contributed by atoms with Gasteiger partial charge in [-0.1, -0.05) is 0 Å². The average molecular weight is 230 g/mol. The highest BCUT2D eigenvalue weighted by Crippen LogP contribution is 2.11. The average Bonchev–Trinajstić information content (AvgIpc) is 2.50. The Morgan fingerprint density at radius 2 is 2.12 bits per heavy atom. The van der Waals surface area contributed by atoms with E-state index in [1.165, 1.54) is 4.90 Å².